The van der Waals surface area contributed by atoms with Crippen LogP contribution in [0.2, 0.25) is 0 Å². The molecular weight excluding hydrogens is 248 g/mol. The van der Waals surface area contributed by atoms with Crippen molar-refractivity contribution in [3.8, 4) is 11.4 Å². The molecule has 0 spiro atoms. The third kappa shape index (κ3) is 2.70. The van der Waals surface area contributed by atoms with Gasteiger partial charge in [-0.15, -0.1) is 0 Å². The molecule has 1 aromatic carbocycles. The van der Waals surface area contributed by atoms with E-state index < -0.39 is 4.92 Å². The van der Waals surface area contributed by atoms with Gasteiger partial charge in [-0.05, 0) is 22.6 Å². The molecule has 1 heterocycles. The first-order valence-corrected chi connectivity index (χ1v) is 5.50. The highest BCUT2D eigenvalue weighted by Gasteiger charge is 2.20. The van der Waals surface area contributed by atoms with Crippen LogP contribution in [-0.4, -0.2) is 21.0 Å². The summed E-state index contributed by atoms with van der Waals surface area (Å²) < 4.78 is 1.43. The Balaban J connectivity index is 2.43. The molecule has 8 nitrogen and oxygen atoms in total. The first kappa shape index (κ1) is 12.6. The molecule has 0 aliphatic heterocycles. The second-order valence-electron chi connectivity index (χ2n) is 3.67. The lowest BCUT2D eigenvalue weighted by Gasteiger charge is -2.02. The molecule has 0 atom stereocenters. The lowest BCUT2D eigenvalue weighted by atomic mass is 10.2. The minimum atomic E-state index is -0.504. The molecule has 0 saturated carbocycles. The van der Waals surface area contributed by atoms with Crippen LogP contribution in [0.25, 0.3) is 21.8 Å². The maximum Gasteiger partial charge on any atom is 0.343 e. The first-order chi connectivity index (χ1) is 9.24. The number of rotatable bonds is 5. The van der Waals surface area contributed by atoms with E-state index in [2.05, 4.69) is 15.0 Å². The van der Waals surface area contributed by atoms with E-state index in [1.807, 2.05) is 30.3 Å². The number of imidazole rings is 1. The molecule has 0 amide bonds. The van der Waals surface area contributed by atoms with Crippen molar-refractivity contribution in [2.45, 2.75) is 6.54 Å². The number of azide groups is 1. The van der Waals surface area contributed by atoms with Gasteiger partial charge in [-0.2, -0.15) is 0 Å². The molecular formula is C11H10N6O2. The fourth-order valence-corrected chi connectivity index (χ4v) is 1.74. The molecule has 96 valence electrons. The van der Waals surface area contributed by atoms with Crippen molar-refractivity contribution < 1.29 is 4.92 Å². The van der Waals surface area contributed by atoms with Crippen molar-refractivity contribution in [3.05, 3.63) is 57.1 Å². The van der Waals surface area contributed by atoms with Gasteiger partial charge in [0.2, 0.25) is 5.82 Å². The molecule has 0 N–H and O–H groups in total. The van der Waals surface area contributed by atoms with Crippen LogP contribution in [0.4, 0.5) is 5.82 Å². The lowest BCUT2D eigenvalue weighted by Crippen LogP contribution is -2.07. The lowest BCUT2D eigenvalue weighted by molar-refractivity contribution is -0.392. The molecule has 0 fully saturated rings. The van der Waals surface area contributed by atoms with E-state index in [0.29, 0.717) is 5.82 Å². The van der Waals surface area contributed by atoms with Crippen molar-refractivity contribution in [1.29, 1.82) is 0 Å². The molecule has 8 heteroatoms. The topological polar surface area (TPSA) is 110 Å². The highest BCUT2D eigenvalue weighted by molar-refractivity contribution is 5.57. The van der Waals surface area contributed by atoms with Gasteiger partial charge in [0.05, 0.1) is 13.1 Å². The van der Waals surface area contributed by atoms with Gasteiger partial charge in [-0.25, -0.2) is 9.55 Å². The summed E-state index contributed by atoms with van der Waals surface area (Å²) in [5.41, 5.74) is 9.03. The quantitative estimate of drug-likeness (QED) is 0.270. The predicted molar refractivity (Wildman–Crippen MR) is 68.3 cm³/mol. The Labute approximate surface area is 108 Å². The molecule has 0 aliphatic rings. The monoisotopic (exact) mass is 258 g/mol. The van der Waals surface area contributed by atoms with Gasteiger partial charge in [0.1, 0.15) is 6.20 Å². The van der Waals surface area contributed by atoms with Crippen molar-refractivity contribution in [2.75, 3.05) is 6.54 Å². The largest absolute Gasteiger partial charge is 0.358 e. The van der Waals surface area contributed by atoms with E-state index in [1.54, 1.807) is 0 Å². The van der Waals surface area contributed by atoms with Gasteiger partial charge < -0.3 is 10.1 Å². The van der Waals surface area contributed by atoms with Gasteiger partial charge in [0, 0.05) is 10.5 Å². The molecule has 19 heavy (non-hydrogen) atoms. The molecule has 0 unspecified atom stereocenters. The molecule has 0 aliphatic carbocycles. The Hall–Kier alpha value is -2.86. The Morgan fingerprint density at radius 3 is 2.79 bits per heavy atom. The SMILES string of the molecule is [N-]=[N+]=NCCn1c([N+](=O)[O-])cnc1-c1ccccc1. The van der Waals surface area contributed by atoms with Crippen LogP contribution in [0.5, 0.6) is 0 Å². The fourth-order valence-electron chi connectivity index (χ4n) is 1.74. The molecule has 2 aromatic rings. The maximum atomic E-state index is 10.9. The number of benzene rings is 1. The zero-order valence-corrected chi connectivity index (χ0v) is 9.88. The van der Waals surface area contributed by atoms with Gasteiger partial charge in [0.15, 0.2) is 0 Å². The molecule has 0 saturated heterocycles. The Morgan fingerprint density at radius 1 is 1.42 bits per heavy atom. The predicted octanol–water partition coefficient (Wildman–Crippen LogP) is 2.77. The highest BCUT2D eigenvalue weighted by Crippen LogP contribution is 2.23. The second kappa shape index (κ2) is 5.65. The molecule has 1 aromatic heterocycles. The minimum absolute atomic E-state index is 0.119. The van der Waals surface area contributed by atoms with E-state index in [9.17, 15) is 10.1 Å². The number of aromatic nitrogens is 2. The number of hydrogen-bond acceptors (Lipinski definition) is 4. The average Bonchev–Trinajstić information content (AvgIpc) is 2.84. The van der Waals surface area contributed by atoms with E-state index >= 15 is 0 Å². The summed E-state index contributed by atoms with van der Waals surface area (Å²) in [6, 6.07) is 9.14. The summed E-state index contributed by atoms with van der Waals surface area (Å²) in [6.45, 7) is 0.345. The second-order valence-corrected chi connectivity index (χ2v) is 3.67. The smallest absolute Gasteiger partial charge is 0.343 e. The Morgan fingerprint density at radius 2 is 2.16 bits per heavy atom. The zero-order chi connectivity index (χ0) is 13.7. The third-order valence-corrected chi connectivity index (χ3v) is 2.54. The van der Waals surface area contributed by atoms with E-state index in [4.69, 9.17) is 5.53 Å². The maximum absolute atomic E-state index is 10.9. The van der Waals surface area contributed by atoms with Crippen LogP contribution in [0.1, 0.15) is 0 Å². The van der Waals surface area contributed by atoms with Gasteiger partial charge in [-0.3, -0.25) is 0 Å². The van der Waals surface area contributed by atoms with Gasteiger partial charge in [-0.1, -0.05) is 23.3 Å². The highest BCUT2D eigenvalue weighted by atomic mass is 16.6. The zero-order valence-electron chi connectivity index (χ0n) is 9.88. The van der Waals surface area contributed by atoms with Crippen molar-refractivity contribution in [1.82, 2.24) is 9.55 Å². The van der Waals surface area contributed by atoms with Crippen molar-refractivity contribution in [2.24, 2.45) is 5.11 Å². The van der Waals surface area contributed by atoms with E-state index in [0.717, 1.165) is 5.56 Å². The van der Waals surface area contributed by atoms with E-state index in [-0.39, 0.29) is 18.9 Å². The van der Waals surface area contributed by atoms with Crippen molar-refractivity contribution >= 4 is 5.82 Å². The Kier molecular flexibility index (Phi) is 3.75. The molecule has 2 rings (SSSR count). The standard InChI is InChI=1S/C11H10N6O2/c12-15-14-6-7-16-10(17(18)19)8-13-11(16)9-4-2-1-3-5-9/h1-5,8H,6-7H2. The van der Waals surface area contributed by atoms with Crippen molar-refractivity contribution in [3.63, 3.8) is 0 Å². The summed E-state index contributed by atoms with van der Waals surface area (Å²) in [5, 5.41) is 14.3. The number of nitrogens with zero attached hydrogens (tertiary/aromatic N) is 6. The van der Waals surface area contributed by atoms with E-state index in [1.165, 1.54) is 10.8 Å². The third-order valence-electron chi connectivity index (χ3n) is 2.54. The Bertz CT molecular complexity index is 630. The first-order valence-electron chi connectivity index (χ1n) is 5.50. The van der Waals surface area contributed by atoms with Crippen LogP contribution in [0.3, 0.4) is 0 Å². The van der Waals surface area contributed by atoms with Crippen LogP contribution in [0, 0.1) is 10.1 Å². The van der Waals surface area contributed by atoms with Crippen LogP contribution in [0.15, 0.2) is 41.6 Å². The van der Waals surface area contributed by atoms with Crippen LogP contribution < -0.4 is 0 Å². The summed E-state index contributed by atoms with van der Waals surface area (Å²) >= 11 is 0. The van der Waals surface area contributed by atoms with Gasteiger partial charge in [0.25, 0.3) is 0 Å². The van der Waals surface area contributed by atoms with Gasteiger partial charge >= 0.3 is 5.82 Å². The average molecular weight is 258 g/mol. The molecule has 0 radical (unpaired) electrons. The number of nitro groups is 1. The summed E-state index contributed by atoms with van der Waals surface area (Å²) in [6.07, 6.45) is 1.21. The number of hydrogen-bond donors (Lipinski definition) is 0. The summed E-state index contributed by atoms with van der Waals surface area (Å²) in [7, 11) is 0. The minimum Gasteiger partial charge on any atom is -0.358 e. The summed E-state index contributed by atoms with van der Waals surface area (Å²) in [5.74, 6) is 0.368. The van der Waals surface area contributed by atoms with Crippen LogP contribution >= 0.6 is 0 Å². The summed E-state index contributed by atoms with van der Waals surface area (Å²) in [4.78, 5) is 17.1. The normalized spacial score (nSPS) is 9.89. The fraction of sp³-hybridized carbons (Fsp3) is 0.182. The van der Waals surface area contributed by atoms with Crippen LogP contribution in [-0.2, 0) is 6.54 Å². The molecule has 0 bridgehead atoms.